The zero-order chi connectivity index (χ0) is 24.5. The normalized spacial score (nSPS) is 13.7. The molecule has 0 amide bonds. The van der Waals surface area contributed by atoms with Crippen molar-refractivity contribution in [2.75, 3.05) is 16.8 Å². The van der Waals surface area contributed by atoms with Gasteiger partial charge in [0.15, 0.2) is 0 Å². The summed E-state index contributed by atoms with van der Waals surface area (Å²) in [7, 11) is 0. The van der Waals surface area contributed by atoms with Crippen molar-refractivity contribution in [3.63, 3.8) is 0 Å². The lowest BCUT2D eigenvalue weighted by molar-refractivity contribution is -0.274. The predicted molar refractivity (Wildman–Crippen MR) is 109 cm³/mol. The highest BCUT2D eigenvalue weighted by Crippen LogP contribution is 2.36. The fourth-order valence-electron chi connectivity index (χ4n) is 3.62. The molecule has 1 aliphatic heterocycles. The SMILES string of the molecule is N#Cc1ccc(N2CCc3c(ncnc3Nc3ccc(OC(F)(F)F)cc3)C2)cc1C(F)(F)F. The first kappa shape index (κ1) is 23.2. The minimum atomic E-state index is -4.79. The second-order valence-corrected chi connectivity index (χ2v) is 7.36. The summed E-state index contributed by atoms with van der Waals surface area (Å²) < 4.78 is 80.8. The number of alkyl halides is 6. The van der Waals surface area contributed by atoms with Crippen LogP contribution in [0.2, 0.25) is 0 Å². The van der Waals surface area contributed by atoms with E-state index in [2.05, 4.69) is 20.0 Å². The fraction of sp³-hybridized carbons (Fsp3) is 0.227. The van der Waals surface area contributed by atoms with Crippen LogP contribution in [0.15, 0.2) is 48.8 Å². The molecule has 176 valence electrons. The molecule has 0 aliphatic carbocycles. The van der Waals surface area contributed by atoms with Crippen molar-refractivity contribution in [3.8, 4) is 11.8 Å². The largest absolute Gasteiger partial charge is 0.573 e. The van der Waals surface area contributed by atoms with Crippen LogP contribution in [0.25, 0.3) is 0 Å². The van der Waals surface area contributed by atoms with Crippen LogP contribution in [0, 0.1) is 11.3 Å². The van der Waals surface area contributed by atoms with E-state index in [1.54, 1.807) is 11.0 Å². The number of hydrogen-bond acceptors (Lipinski definition) is 6. The first-order chi connectivity index (χ1) is 16.0. The molecule has 0 spiro atoms. The van der Waals surface area contributed by atoms with Gasteiger partial charge in [-0.1, -0.05) is 0 Å². The van der Waals surface area contributed by atoms with Gasteiger partial charge in [-0.3, -0.25) is 0 Å². The van der Waals surface area contributed by atoms with E-state index in [4.69, 9.17) is 5.26 Å². The zero-order valence-corrected chi connectivity index (χ0v) is 17.2. The van der Waals surface area contributed by atoms with E-state index in [0.717, 1.165) is 29.8 Å². The van der Waals surface area contributed by atoms with Crippen LogP contribution in [0.1, 0.15) is 22.4 Å². The first-order valence-electron chi connectivity index (χ1n) is 9.85. The lowest BCUT2D eigenvalue weighted by Gasteiger charge is -2.31. The molecule has 2 aromatic carbocycles. The Labute approximate surface area is 189 Å². The van der Waals surface area contributed by atoms with E-state index >= 15 is 0 Å². The molecule has 12 heteroatoms. The van der Waals surface area contributed by atoms with Gasteiger partial charge in [0, 0.05) is 23.5 Å². The highest BCUT2D eigenvalue weighted by molar-refractivity contribution is 5.63. The van der Waals surface area contributed by atoms with Crippen molar-refractivity contribution < 1.29 is 31.1 Å². The number of nitrogens with zero attached hydrogens (tertiary/aromatic N) is 4. The summed E-state index contributed by atoms with van der Waals surface area (Å²) >= 11 is 0. The van der Waals surface area contributed by atoms with Gasteiger partial charge in [-0.05, 0) is 48.9 Å². The number of rotatable bonds is 4. The van der Waals surface area contributed by atoms with E-state index in [9.17, 15) is 26.3 Å². The van der Waals surface area contributed by atoms with E-state index in [1.807, 2.05) is 0 Å². The van der Waals surface area contributed by atoms with Crippen LogP contribution in [-0.4, -0.2) is 22.9 Å². The third kappa shape index (κ3) is 5.14. The standard InChI is InChI=1S/C22H15F6N5O/c23-21(24,25)18-9-15(4-1-13(18)10-29)33-8-7-17-19(11-33)30-12-31-20(17)32-14-2-5-16(6-3-14)34-22(26,27)28/h1-6,9,12H,7-8,11H2,(H,30,31,32). The van der Waals surface area contributed by atoms with Crippen LogP contribution in [-0.2, 0) is 19.1 Å². The summed E-state index contributed by atoms with van der Waals surface area (Å²) in [6.45, 7) is 0.588. The first-order valence-corrected chi connectivity index (χ1v) is 9.85. The number of aromatic nitrogens is 2. The van der Waals surface area contributed by atoms with Crippen molar-refractivity contribution in [3.05, 3.63) is 71.2 Å². The number of fused-ring (bicyclic) bond motifs is 1. The maximum absolute atomic E-state index is 13.3. The van der Waals surface area contributed by atoms with Gasteiger partial charge in [0.05, 0.1) is 29.4 Å². The molecule has 6 nitrogen and oxygen atoms in total. The highest BCUT2D eigenvalue weighted by Gasteiger charge is 2.35. The Hall–Kier alpha value is -4.01. The van der Waals surface area contributed by atoms with Gasteiger partial charge < -0.3 is 15.0 Å². The molecular formula is C22H15F6N5O. The molecule has 1 aromatic heterocycles. The Bertz CT molecular complexity index is 1230. The number of anilines is 3. The summed E-state index contributed by atoms with van der Waals surface area (Å²) in [4.78, 5) is 10.2. The van der Waals surface area contributed by atoms with Crippen molar-refractivity contribution in [1.29, 1.82) is 5.26 Å². The minimum absolute atomic E-state index is 0.216. The lowest BCUT2D eigenvalue weighted by Crippen LogP contribution is -2.32. The smallest absolute Gasteiger partial charge is 0.406 e. The summed E-state index contributed by atoms with van der Waals surface area (Å²) in [5.41, 5.74) is 0.679. The second-order valence-electron chi connectivity index (χ2n) is 7.36. The molecule has 0 bridgehead atoms. The number of benzene rings is 2. The van der Waals surface area contributed by atoms with Gasteiger partial charge in [-0.15, -0.1) is 13.2 Å². The molecule has 0 saturated heterocycles. The number of halogens is 6. The van der Waals surface area contributed by atoms with Crippen LogP contribution in [0.4, 0.5) is 43.5 Å². The van der Waals surface area contributed by atoms with Gasteiger partial charge in [-0.25, -0.2) is 9.97 Å². The molecule has 2 heterocycles. The second kappa shape index (κ2) is 8.74. The van der Waals surface area contributed by atoms with Gasteiger partial charge in [0.25, 0.3) is 0 Å². The van der Waals surface area contributed by atoms with Crippen LogP contribution < -0.4 is 15.0 Å². The zero-order valence-electron chi connectivity index (χ0n) is 17.2. The summed E-state index contributed by atoms with van der Waals surface area (Å²) in [6.07, 6.45) is -7.74. The Balaban J connectivity index is 1.53. The van der Waals surface area contributed by atoms with Crippen molar-refractivity contribution in [2.45, 2.75) is 25.5 Å². The maximum Gasteiger partial charge on any atom is 0.573 e. The van der Waals surface area contributed by atoms with Crippen LogP contribution in [0.3, 0.4) is 0 Å². The molecule has 0 saturated carbocycles. The van der Waals surface area contributed by atoms with E-state index in [0.29, 0.717) is 35.9 Å². The Morgan fingerprint density at radius 3 is 2.38 bits per heavy atom. The molecule has 0 atom stereocenters. The molecule has 34 heavy (non-hydrogen) atoms. The topological polar surface area (TPSA) is 74.1 Å². The summed E-state index contributed by atoms with van der Waals surface area (Å²) in [5.74, 6) is 0.0870. The average molecular weight is 479 g/mol. The number of ether oxygens (including phenoxy) is 1. The molecule has 3 aromatic rings. The maximum atomic E-state index is 13.3. The number of nitriles is 1. The highest BCUT2D eigenvalue weighted by atomic mass is 19.4. The van der Waals surface area contributed by atoms with Gasteiger partial charge >= 0.3 is 12.5 Å². The minimum Gasteiger partial charge on any atom is -0.406 e. The fourth-order valence-corrected chi connectivity index (χ4v) is 3.62. The number of hydrogen-bond donors (Lipinski definition) is 1. The molecule has 4 rings (SSSR count). The van der Waals surface area contributed by atoms with Crippen LogP contribution in [0.5, 0.6) is 5.75 Å². The predicted octanol–water partition coefficient (Wildman–Crippen LogP) is 5.57. The average Bonchev–Trinajstić information content (AvgIpc) is 2.78. The summed E-state index contributed by atoms with van der Waals surface area (Å²) in [6, 6.07) is 10.3. The summed E-state index contributed by atoms with van der Waals surface area (Å²) in [5, 5.41) is 12.0. The Kier molecular flexibility index (Phi) is 5.95. The van der Waals surface area contributed by atoms with Crippen molar-refractivity contribution >= 4 is 17.2 Å². The lowest BCUT2D eigenvalue weighted by atomic mass is 10.0. The van der Waals surface area contributed by atoms with Gasteiger partial charge in [-0.2, -0.15) is 18.4 Å². The van der Waals surface area contributed by atoms with Gasteiger partial charge in [0.1, 0.15) is 17.9 Å². The Morgan fingerprint density at radius 1 is 1.00 bits per heavy atom. The third-order valence-corrected chi connectivity index (χ3v) is 5.15. The molecule has 0 radical (unpaired) electrons. The van der Waals surface area contributed by atoms with E-state index < -0.39 is 23.7 Å². The van der Waals surface area contributed by atoms with E-state index in [-0.39, 0.29) is 12.3 Å². The molecule has 1 aliphatic rings. The molecule has 0 fully saturated rings. The number of nitrogens with one attached hydrogen (secondary N) is 1. The third-order valence-electron chi connectivity index (χ3n) is 5.15. The quantitative estimate of drug-likeness (QED) is 0.493. The van der Waals surface area contributed by atoms with Crippen molar-refractivity contribution in [1.82, 2.24) is 9.97 Å². The monoisotopic (exact) mass is 479 g/mol. The van der Waals surface area contributed by atoms with Crippen molar-refractivity contribution in [2.24, 2.45) is 0 Å². The molecule has 1 N–H and O–H groups in total. The molecule has 0 unspecified atom stereocenters. The van der Waals surface area contributed by atoms with Crippen LogP contribution >= 0.6 is 0 Å². The van der Waals surface area contributed by atoms with Gasteiger partial charge in [0.2, 0.25) is 0 Å². The Morgan fingerprint density at radius 2 is 1.74 bits per heavy atom. The molecular weight excluding hydrogens is 464 g/mol. The van der Waals surface area contributed by atoms with E-state index in [1.165, 1.54) is 24.5 Å².